The summed E-state index contributed by atoms with van der Waals surface area (Å²) < 4.78 is 44.4. The van der Waals surface area contributed by atoms with Crippen LogP contribution in [0.15, 0.2) is 31.6 Å². The molecule has 41 heavy (non-hydrogen) atoms. The SMILES string of the molecule is CCCCOP(=O)(OC[C@H]1O[C@@H](n2cc(C)c(=O)[nH]c2=O)C[C@@H]1O)O[C@H]1C[C@H](n2cc(C)c(=O)[nH]c2=O)O[C@@H]1CO. The molecule has 4 rings (SSSR count). The van der Waals surface area contributed by atoms with Crippen LogP contribution in [0, 0.1) is 13.8 Å². The zero-order valence-electron chi connectivity index (χ0n) is 22.9. The van der Waals surface area contributed by atoms with Gasteiger partial charge < -0.3 is 19.7 Å². The van der Waals surface area contributed by atoms with Crippen LogP contribution in [0.3, 0.4) is 0 Å². The summed E-state index contributed by atoms with van der Waals surface area (Å²) in [6.45, 7) is 4.00. The van der Waals surface area contributed by atoms with Gasteiger partial charge in [0, 0.05) is 36.4 Å². The Labute approximate surface area is 233 Å². The number of hydrogen-bond acceptors (Lipinski definition) is 12. The van der Waals surface area contributed by atoms with Gasteiger partial charge in [-0.05, 0) is 20.3 Å². The molecule has 1 unspecified atom stereocenters. The maximum atomic E-state index is 13.7. The molecule has 4 N–H and O–H groups in total. The number of phosphoric ester groups is 1. The summed E-state index contributed by atoms with van der Waals surface area (Å²) in [7, 11) is -4.33. The lowest BCUT2D eigenvalue weighted by Gasteiger charge is -2.25. The number of unbranched alkanes of at least 4 members (excludes halogenated alkanes) is 1. The van der Waals surface area contributed by atoms with E-state index in [4.69, 9.17) is 23.0 Å². The molecule has 0 spiro atoms. The molecule has 2 aliphatic heterocycles. The molecule has 2 fully saturated rings. The van der Waals surface area contributed by atoms with Crippen LogP contribution in [0.5, 0.6) is 0 Å². The molecule has 2 aromatic heterocycles. The summed E-state index contributed by atoms with van der Waals surface area (Å²) in [5.74, 6) is 0. The Kier molecular flexibility index (Phi) is 9.97. The van der Waals surface area contributed by atoms with Crippen molar-refractivity contribution in [1.82, 2.24) is 19.1 Å². The molecule has 16 nitrogen and oxygen atoms in total. The van der Waals surface area contributed by atoms with Crippen LogP contribution >= 0.6 is 7.82 Å². The third-order valence-corrected chi connectivity index (χ3v) is 8.38. The number of aromatic amines is 2. The molecular weight excluding hydrogens is 567 g/mol. The van der Waals surface area contributed by atoms with E-state index in [-0.39, 0.29) is 30.6 Å². The minimum Gasteiger partial charge on any atom is -0.394 e. The number of aliphatic hydroxyl groups is 2. The summed E-state index contributed by atoms with van der Waals surface area (Å²) in [5.41, 5.74) is -1.97. The largest absolute Gasteiger partial charge is 0.475 e. The second-order valence-electron chi connectivity index (χ2n) is 10.0. The number of ether oxygens (including phenoxy) is 2. The maximum Gasteiger partial charge on any atom is 0.475 e. The standard InChI is InChI=1S/C24H35N4O12P/c1-4-5-6-36-41(35,37-12-18-15(30)7-19(39-18)27-9-13(2)21(31)25-23(27)33)40-16-8-20(38-17(16)11-29)28-10-14(3)22(32)26-24(28)34/h9-10,15-20,29-30H,4-8,11-12H2,1-3H3,(H,25,31,33)(H,26,32,34)/t15-,16-,17+,18+,19+,20+,41?/m0/s1. The second-order valence-corrected chi connectivity index (χ2v) is 11.6. The lowest BCUT2D eigenvalue weighted by molar-refractivity contribution is -0.0601. The molecule has 2 saturated heterocycles. The zero-order valence-corrected chi connectivity index (χ0v) is 23.8. The molecule has 0 aliphatic carbocycles. The summed E-state index contributed by atoms with van der Waals surface area (Å²) in [5, 5.41) is 20.5. The summed E-state index contributed by atoms with van der Waals surface area (Å²) in [6.07, 6.45) is -2.13. The fourth-order valence-electron chi connectivity index (χ4n) is 4.53. The topological polar surface area (TPSA) is 213 Å². The van der Waals surface area contributed by atoms with Gasteiger partial charge >= 0.3 is 19.2 Å². The van der Waals surface area contributed by atoms with Crippen molar-refractivity contribution in [2.24, 2.45) is 0 Å². The molecule has 7 atom stereocenters. The monoisotopic (exact) mass is 602 g/mol. The van der Waals surface area contributed by atoms with Gasteiger partial charge in [0.1, 0.15) is 30.8 Å². The van der Waals surface area contributed by atoms with E-state index in [2.05, 4.69) is 9.97 Å². The highest BCUT2D eigenvalue weighted by Crippen LogP contribution is 2.53. The molecule has 0 amide bonds. The van der Waals surface area contributed by atoms with Gasteiger partial charge in [-0.25, -0.2) is 14.2 Å². The van der Waals surface area contributed by atoms with Gasteiger partial charge in [-0.1, -0.05) is 13.3 Å². The second kappa shape index (κ2) is 13.1. The molecule has 0 aromatic carbocycles. The predicted octanol–water partition coefficient (Wildman–Crippen LogP) is -0.0416. The van der Waals surface area contributed by atoms with Crippen LogP contribution in [0.4, 0.5) is 0 Å². The maximum absolute atomic E-state index is 13.7. The van der Waals surface area contributed by atoms with Crippen molar-refractivity contribution < 1.29 is 37.8 Å². The molecule has 4 heterocycles. The van der Waals surface area contributed by atoms with Gasteiger partial charge in [0.2, 0.25) is 0 Å². The van der Waals surface area contributed by atoms with Gasteiger partial charge in [0.25, 0.3) is 11.1 Å². The van der Waals surface area contributed by atoms with Crippen LogP contribution in [-0.4, -0.2) is 73.6 Å². The Bertz CT molecular complexity index is 1500. The van der Waals surface area contributed by atoms with Crippen molar-refractivity contribution in [2.75, 3.05) is 19.8 Å². The number of aryl methyl sites for hydroxylation is 2. The van der Waals surface area contributed by atoms with Crippen LogP contribution in [0.2, 0.25) is 0 Å². The highest BCUT2D eigenvalue weighted by molar-refractivity contribution is 7.48. The third kappa shape index (κ3) is 7.21. The van der Waals surface area contributed by atoms with Crippen molar-refractivity contribution in [3.8, 4) is 0 Å². The minimum atomic E-state index is -4.33. The van der Waals surface area contributed by atoms with Gasteiger partial charge in [0.15, 0.2) is 0 Å². The van der Waals surface area contributed by atoms with Gasteiger partial charge in [0.05, 0.1) is 25.9 Å². The normalized spacial score (nSPS) is 27.7. The van der Waals surface area contributed by atoms with E-state index >= 15 is 0 Å². The van der Waals surface area contributed by atoms with Gasteiger partial charge in [-0.15, -0.1) is 0 Å². The van der Waals surface area contributed by atoms with E-state index in [9.17, 15) is 34.0 Å². The average Bonchev–Trinajstić information content (AvgIpc) is 3.49. The third-order valence-electron chi connectivity index (χ3n) is 6.89. The molecule has 2 aliphatic rings. The number of aromatic nitrogens is 4. The van der Waals surface area contributed by atoms with E-state index in [1.165, 1.54) is 26.2 Å². The van der Waals surface area contributed by atoms with Crippen LogP contribution in [0.1, 0.15) is 56.2 Å². The first-order chi connectivity index (χ1) is 19.4. The van der Waals surface area contributed by atoms with Crippen molar-refractivity contribution in [1.29, 1.82) is 0 Å². The predicted molar refractivity (Wildman–Crippen MR) is 142 cm³/mol. The quantitative estimate of drug-likeness (QED) is 0.186. The number of aliphatic hydroxyl groups excluding tert-OH is 2. The average molecular weight is 603 g/mol. The summed E-state index contributed by atoms with van der Waals surface area (Å²) in [4.78, 5) is 52.4. The molecule has 228 valence electrons. The van der Waals surface area contributed by atoms with E-state index in [1.807, 2.05) is 6.92 Å². The van der Waals surface area contributed by atoms with Crippen LogP contribution < -0.4 is 22.5 Å². The highest BCUT2D eigenvalue weighted by atomic mass is 31.2. The van der Waals surface area contributed by atoms with Crippen LogP contribution in [0.25, 0.3) is 0 Å². The first-order valence-corrected chi connectivity index (χ1v) is 14.7. The minimum absolute atomic E-state index is 0.000659. The Morgan fingerprint density at radius 3 is 2.07 bits per heavy atom. The number of rotatable bonds is 12. The Hall–Kier alpha value is -2.69. The molecule has 0 bridgehead atoms. The first kappa shape index (κ1) is 31.3. The van der Waals surface area contributed by atoms with Crippen molar-refractivity contribution in [2.45, 2.75) is 83.3 Å². The van der Waals surface area contributed by atoms with E-state index in [1.54, 1.807) is 0 Å². The number of H-pyrrole nitrogens is 2. The van der Waals surface area contributed by atoms with Crippen LogP contribution in [-0.2, 0) is 27.6 Å². The molecule has 2 aromatic rings. The Morgan fingerprint density at radius 1 is 0.951 bits per heavy atom. The van der Waals surface area contributed by atoms with Crippen molar-refractivity contribution in [3.05, 3.63) is 65.2 Å². The lowest BCUT2D eigenvalue weighted by Crippen LogP contribution is -2.33. The number of phosphoric acid groups is 1. The fraction of sp³-hybridized carbons (Fsp3) is 0.667. The number of hydrogen-bond donors (Lipinski definition) is 4. The smallest absolute Gasteiger partial charge is 0.394 e. The first-order valence-electron chi connectivity index (χ1n) is 13.3. The fourth-order valence-corrected chi connectivity index (χ4v) is 5.96. The Morgan fingerprint density at radius 2 is 1.51 bits per heavy atom. The van der Waals surface area contributed by atoms with E-state index in [0.717, 1.165) is 15.6 Å². The number of nitrogens with zero attached hydrogens (tertiary/aromatic N) is 2. The molecule has 17 heteroatoms. The summed E-state index contributed by atoms with van der Waals surface area (Å²) >= 11 is 0. The Balaban J connectivity index is 1.47. The van der Waals surface area contributed by atoms with E-state index in [0.29, 0.717) is 6.42 Å². The van der Waals surface area contributed by atoms with Gasteiger partial charge in [-0.2, -0.15) is 0 Å². The molecule has 0 saturated carbocycles. The summed E-state index contributed by atoms with van der Waals surface area (Å²) in [6, 6.07) is 0. The lowest BCUT2D eigenvalue weighted by atomic mass is 10.2. The van der Waals surface area contributed by atoms with Gasteiger partial charge in [-0.3, -0.25) is 42.3 Å². The molecule has 0 radical (unpaired) electrons. The highest BCUT2D eigenvalue weighted by Gasteiger charge is 2.44. The number of nitrogens with one attached hydrogen (secondary N) is 2. The van der Waals surface area contributed by atoms with Crippen molar-refractivity contribution in [3.63, 3.8) is 0 Å². The van der Waals surface area contributed by atoms with E-state index < -0.39 is 80.4 Å². The zero-order chi connectivity index (χ0) is 29.9. The molecular formula is C24H35N4O12P. The van der Waals surface area contributed by atoms with Crippen molar-refractivity contribution >= 4 is 7.82 Å².